The maximum atomic E-state index is 13.4. The maximum absolute atomic E-state index is 13.4. The SMILES string of the molecule is C[C@H](C(=O)N1CCC2(CC1)OCCO2)n1c2ccccc2c2cnn(C)c(=O)c21. The van der Waals surface area contributed by atoms with Crippen molar-refractivity contribution in [3.05, 3.63) is 40.8 Å². The number of hydrogen-bond acceptors (Lipinski definition) is 5. The Labute approximate surface area is 167 Å². The topological polar surface area (TPSA) is 78.6 Å². The van der Waals surface area contributed by atoms with Crippen LogP contribution < -0.4 is 5.56 Å². The lowest BCUT2D eigenvalue weighted by Crippen LogP contribution is -2.48. The monoisotopic (exact) mass is 396 g/mol. The minimum atomic E-state index is -0.519. The Morgan fingerprint density at radius 3 is 2.55 bits per heavy atom. The molecule has 2 aliphatic heterocycles. The first-order valence-electron chi connectivity index (χ1n) is 10.0. The largest absolute Gasteiger partial charge is 0.347 e. The van der Waals surface area contributed by atoms with Crippen LogP contribution in [-0.4, -0.2) is 57.2 Å². The average molecular weight is 396 g/mol. The van der Waals surface area contributed by atoms with Gasteiger partial charge in [-0.1, -0.05) is 18.2 Å². The molecule has 2 fully saturated rings. The molecule has 1 aromatic carbocycles. The summed E-state index contributed by atoms with van der Waals surface area (Å²) in [4.78, 5) is 28.2. The van der Waals surface area contributed by atoms with E-state index >= 15 is 0 Å². The van der Waals surface area contributed by atoms with Gasteiger partial charge in [0.05, 0.1) is 24.9 Å². The zero-order valence-electron chi connectivity index (χ0n) is 16.6. The van der Waals surface area contributed by atoms with Crippen LogP contribution in [0.25, 0.3) is 21.8 Å². The zero-order chi connectivity index (χ0) is 20.2. The molecule has 0 N–H and O–H groups in total. The van der Waals surface area contributed by atoms with Crippen LogP contribution in [0.1, 0.15) is 25.8 Å². The average Bonchev–Trinajstić information content (AvgIpc) is 3.33. The normalized spacial score (nSPS) is 20.0. The second-order valence-electron chi connectivity index (χ2n) is 7.83. The van der Waals surface area contributed by atoms with Gasteiger partial charge < -0.3 is 18.9 Å². The van der Waals surface area contributed by atoms with Crippen LogP contribution in [0.4, 0.5) is 0 Å². The van der Waals surface area contributed by atoms with E-state index in [0.29, 0.717) is 44.7 Å². The second kappa shape index (κ2) is 6.67. The third kappa shape index (κ3) is 2.78. The van der Waals surface area contributed by atoms with E-state index in [9.17, 15) is 9.59 Å². The van der Waals surface area contributed by atoms with Crippen molar-refractivity contribution in [3.63, 3.8) is 0 Å². The molecule has 4 heterocycles. The molecule has 8 heteroatoms. The summed E-state index contributed by atoms with van der Waals surface area (Å²) in [6, 6.07) is 7.26. The summed E-state index contributed by atoms with van der Waals surface area (Å²) in [5.74, 6) is -0.520. The van der Waals surface area contributed by atoms with Gasteiger partial charge in [0.2, 0.25) is 5.91 Å². The van der Waals surface area contributed by atoms with Crippen molar-refractivity contribution in [3.8, 4) is 0 Å². The zero-order valence-corrected chi connectivity index (χ0v) is 16.6. The second-order valence-corrected chi connectivity index (χ2v) is 7.83. The number of carbonyl (C=O) groups excluding carboxylic acids is 1. The third-order valence-corrected chi connectivity index (χ3v) is 6.20. The third-order valence-electron chi connectivity index (χ3n) is 6.20. The smallest absolute Gasteiger partial charge is 0.291 e. The first-order valence-corrected chi connectivity index (χ1v) is 10.0. The number of nitrogens with zero attached hydrogens (tertiary/aromatic N) is 4. The molecule has 29 heavy (non-hydrogen) atoms. The van der Waals surface area contributed by atoms with Crippen molar-refractivity contribution in [1.29, 1.82) is 0 Å². The highest BCUT2D eigenvalue weighted by Crippen LogP contribution is 2.34. The fraction of sp³-hybridized carbons (Fsp3) is 0.476. The van der Waals surface area contributed by atoms with Crippen LogP contribution >= 0.6 is 0 Å². The molecular weight excluding hydrogens is 372 g/mol. The van der Waals surface area contributed by atoms with E-state index < -0.39 is 11.8 Å². The summed E-state index contributed by atoms with van der Waals surface area (Å²) in [6.07, 6.45) is 3.04. The van der Waals surface area contributed by atoms with Crippen molar-refractivity contribution in [2.24, 2.45) is 7.05 Å². The van der Waals surface area contributed by atoms with Crippen molar-refractivity contribution in [2.45, 2.75) is 31.6 Å². The number of benzene rings is 1. The number of fused-ring (bicyclic) bond motifs is 3. The van der Waals surface area contributed by atoms with E-state index in [0.717, 1.165) is 16.3 Å². The summed E-state index contributed by atoms with van der Waals surface area (Å²) < 4.78 is 14.7. The van der Waals surface area contributed by atoms with Crippen molar-refractivity contribution >= 4 is 27.7 Å². The predicted molar refractivity (Wildman–Crippen MR) is 108 cm³/mol. The highest BCUT2D eigenvalue weighted by Gasteiger charge is 2.41. The number of aromatic nitrogens is 3. The van der Waals surface area contributed by atoms with Gasteiger partial charge in [0, 0.05) is 43.8 Å². The fourth-order valence-corrected chi connectivity index (χ4v) is 4.62. The minimum Gasteiger partial charge on any atom is -0.347 e. The molecule has 0 unspecified atom stereocenters. The number of amides is 1. The van der Waals surface area contributed by atoms with Crippen molar-refractivity contribution in [1.82, 2.24) is 19.2 Å². The molecule has 152 valence electrons. The standard InChI is InChI=1S/C21H24N4O4/c1-14(19(26)24-9-7-21(8-10-24)28-11-12-29-21)25-17-6-4-3-5-15(17)16-13-22-23(2)20(27)18(16)25/h3-6,13-14H,7-12H2,1-2H3/t14-/m1/s1. The van der Waals surface area contributed by atoms with Gasteiger partial charge in [-0.15, -0.1) is 0 Å². The molecule has 3 aromatic rings. The van der Waals surface area contributed by atoms with Gasteiger partial charge in [-0.3, -0.25) is 9.59 Å². The van der Waals surface area contributed by atoms with Gasteiger partial charge in [-0.25, -0.2) is 4.68 Å². The number of carbonyl (C=O) groups is 1. The summed E-state index contributed by atoms with van der Waals surface area (Å²) in [7, 11) is 1.63. The van der Waals surface area contributed by atoms with Crippen LogP contribution in [0.2, 0.25) is 0 Å². The molecule has 0 radical (unpaired) electrons. The van der Waals surface area contributed by atoms with Crippen LogP contribution in [0.5, 0.6) is 0 Å². The Hall–Kier alpha value is -2.71. The molecule has 0 aliphatic carbocycles. The first kappa shape index (κ1) is 18.3. The van der Waals surface area contributed by atoms with E-state index in [1.165, 1.54) is 4.68 Å². The number of likely N-dealkylation sites (tertiary alicyclic amines) is 1. The Morgan fingerprint density at radius 2 is 1.83 bits per heavy atom. The molecule has 1 spiro atoms. The Balaban J connectivity index is 1.54. The number of rotatable bonds is 2. The summed E-state index contributed by atoms with van der Waals surface area (Å²) in [5.41, 5.74) is 1.17. The van der Waals surface area contributed by atoms with Crippen LogP contribution in [0.15, 0.2) is 35.3 Å². The van der Waals surface area contributed by atoms with Crippen molar-refractivity contribution in [2.75, 3.05) is 26.3 Å². The number of aryl methyl sites for hydroxylation is 1. The Bertz CT molecular complexity index is 1150. The molecule has 2 aromatic heterocycles. The first-order chi connectivity index (χ1) is 14.0. The van der Waals surface area contributed by atoms with Crippen LogP contribution in [0, 0.1) is 0 Å². The molecule has 0 bridgehead atoms. The summed E-state index contributed by atoms with van der Waals surface area (Å²) in [5, 5.41) is 5.87. The maximum Gasteiger partial charge on any atom is 0.291 e. The molecule has 2 aliphatic rings. The number of ether oxygens (including phenoxy) is 2. The van der Waals surface area contributed by atoms with E-state index in [2.05, 4.69) is 5.10 Å². The summed E-state index contributed by atoms with van der Waals surface area (Å²) >= 11 is 0. The minimum absolute atomic E-state index is 0.000588. The quantitative estimate of drug-likeness (QED) is 0.660. The van der Waals surface area contributed by atoms with E-state index in [1.54, 1.807) is 13.2 Å². The van der Waals surface area contributed by atoms with Gasteiger partial charge in [0.25, 0.3) is 5.56 Å². The highest BCUT2D eigenvalue weighted by atomic mass is 16.7. The lowest BCUT2D eigenvalue weighted by atomic mass is 10.0. The van der Waals surface area contributed by atoms with Crippen molar-refractivity contribution < 1.29 is 14.3 Å². The van der Waals surface area contributed by atoms with Gasteiger partial charge in [0.15, 0.2) is 5.79 Å². The molecule has 1 amide bonds. The van der Waals surface area contributed by atoms with Crippen LogP contribution in [-0.2, 0) is 21.3 Å². The van der Waals surface area contributed by atoms with E-state index in [1.807, 2.05) is 40.7 Å². The Morgan fingerprint density at radius 1 is 1.14 bits per heavy atom. The predicted octanol–water partition coefficient (Wildman–Crippen LogP) is 1.81. The van der Waals surface area contributed by atoms with Gasteiger partial charge in [-0.05, 0) is 13.0 Å². The number of piperidine rings is 1. The molecule has 2 saturated heterocycles. The number of hydrogen-bond donors (Lipinski definition) is 0. The molecule has 8 nitrogen and oxygen atoms in total. The molecule has 5 rings (SSSR count). The van der Waals surface area contributed by atoms with Crippen LogP contribution in [0.3, 0.4) is 0 Å². The van der Waals surface area contributed by atoms with E-state index in [-0.39, 0.29) is 11.5 Å². The van der Waals surface area contributed by atoms with Gasteiger partial charge in [0.1, 0.15) is 11.6 Å². The molecule has 1 atom stereocenters. The molecular formula is C21H24N4O4. The fourth-order valence-electron chi connectivity index (χ4n) is 4.62. The highest BCUT2D eigenvalue weighted by molar-refractivity contribution is 6.08. The number of para-hydroxylation sites is 1. The van der Waals surface area contributed by atoms with Gasteiger partial charge >= 0.3 is 0 Å². The Kier molecular flexibility index (Phi) is 4.22. The van der Waals surface area contributed by atoms with E-state index in [4.69, 9.17) is 9.47 Å². The van der Waals surface area contributed by atoms with Gasteiger partial charge in [-0.2, -0.15) is 5.10 Å². The summed E-state index contributed by atoms with van der Waals surface area (Å²) in [6.45, 7) is 4.26. The lowest BCUT2D eigenvalue weighted by molar-refractivity contribution is -0.188. The lowest BCUT2D eigenvalue weighted by Gasteiger charge is -2.38. The molecule has 0 saturated carbocycles.